The van der Waals surface area contributed by atoms with Gasteiger partial charge in [0.2, 0.25) is 5.78 Å². The number of ketones is 1. The van der Waals surface area contributed by atoms with Gasteiger partial charge >= 0.3 is 0 Å². The first-order valence-electron chi connectivity index (χ1n) is 6.73. The topological polar surface area (TPSA) is 94.9 Å². The van der Waals surface area contributed by atoms with Gasteiger partial charge in [-0.05, 0) is 36.4 Å². The number of pyridine rings is 2. The lowest BCUT2D eigenvalue weighted by Crippen LogP contribution is -2.08. The van der Waals surface area contributed by atoms with Crippen molar-refractivity contribution in [1.82, 2.24) is 9.97 Å². The summed E-state index contributed by atoms with van der Waals surface area (Å²) in [7, 11) is 0. The molecule has 2 heterocycles. The number of nitrogen functional groups attached to an aromatic ring is 2. The van der Waals surface area contributed by atoms with Crippen molar-refractivity contribution in [2.24, 2.45) is 0 Å². The average Bonchev–Trinajstić information content (AvgIpc) is 2.55. The van der Waals surface area contributed by atoms with E-state index in [2.05, 4.69) is 9.97 Å². The second kappa shape index (κ2) is 5.65. The zero-order chi connectivity index (χ0) is 15.5. The molecular formula is C17H14N4O. The van der Waals surface area contributed by atoms with Gasteiger partial charge < -0.3 is 11.5 Å². The molecule has 0 saturated carbocycles. The molecule has 0 spiro atoms. The van der Waals surface area contributed by atoms with Gasteiger partial charge in [0.05, 0.1) is 11.3 Å². The molecule has 0 atom stereocenters. The molecule has 3 rings (SSSR count). The standard InChI is InChI=1S/C17H14N4O/c18-12-8-6-11(7-9-12)14-4-1-5-15(21-14)16(22)13-3-2-10-20-17(13)19/h1-10H,18H2,(H2,19,20). The summed E-state index contributed by atoms with van der Waals surface area (Å²) in [6, 6.07) is 15.9. The van der Waals surface area contributed by atoms with E-state index in [-0.39, 0.29) is 11.6 Å². The fourth-order valence-corrected chi connectivity index (χ4v) is 2.12. The molecule has 0 radical (unpaired) electrons. The number of aromatic nitrogens is 2. The van der Waals surface area contributed by atoms with E-state index in [0.29, 0.717) is 22.6 Å². The number of nitrogens with two attached hydrogens (primary N) is 2. The second-order valence-electron chi connectivity index (χ2n) is 4.80. The van der Waals surface area contributed by atoms with Crippen LogP contribution in [0.15, 0.2) is 60.8 Å². The van der Waals surface area contributed by atoms with Crippen molar-refractivity contribution >= 4 is 17.3 Å². The van der Waals surface area contributed by atoms with Crippen molar-refractivity contribution < 1.29 is 4.79 Å². The summed E-state index contributed by atoms with van der Waals surface area (Å²) in [5, 5.41) is 0. The first-order valence-corrected chi connectivity index (χ1v) is 6.73. The summed E-state index contributed by atoms with van der Waals surface area (Å²) in [5.74, 6) is -0.0462. The van der Waals surface area contributed by atoms with Gasteiger partial charge in [0.25, 0.3) is 0 Å². The molecule has 0 aliphatic heterocycles. The summed E-state index contributed by atoms with van der Waals surface area (Å²) in [6.07, 6.45) is 1.55. The summed E-state index contributed by atoms with van der Waals surface area (Å²) >= 11 is 0. The molecular weight excluding hydrogens is 276 g/mol. The van der Waals surface area contributed by atoms with Crippen molar-refractivity contribution in [3.63, 3.8) is 0 Å². The van der Waals surface area contributed by atoms with Gasteiger partial charge in [-0.25, -0.2) is 9.97 Å². The van der Waals surface area contributed by atoms with Crippen LogP contribution in [-0.2, 0) is 0 Å². The molecule has 5 heteroatoms. The highest BCUT2D eigenvalue weighted by Gasteiger charge is 2.14. The van der Waals surface area contributed by atoms with Gasteiger partial charge in [-0.3, -0.25) is 4.79 Å². The van der Waals surface area contributed by atoms with Crippen LogP contribution < -0.4 is 11.5 Å². The Hall–Kier alpha value is -3.21. The van der Waals surface area contributed by atoms with Crippen molar-refractivity contribution in [3.8, 4) is 11.3 Å². The molecule has 108 valence electrons. The Morgan fingerprint density at radius 1 is 0.909 bits per heavy atom. The number of anilines is 2. The van der Waals surface area contributed by atoms with Crippen LogP contribution in [0.2, 0.25) is 0 Å². The van der Waals surface area contributed by atoms with E-state index in [1.807, 2.05) is 18.2 Å². The largest absolute Gasteiger partial charge is 0.399 e. The van der Waals surface area contributed by atoms with Gasteiger partial charge in [-0.2, -0.15) is 0 Å². The van der Waals surface area contributed by atoms with Crippen molar-refractivity contribution in [1.29, 1.82) is 0 Å². The number of hydrogen-bond acceptors (Lipinski definition) is 5. The smallest absolute Gasteiger partial charge is 0.215 e. The van der Waals surface area contributed by atoms with Crippen LogP contribution in [0.1, 0.15) is 16.1 Å². The van der Waals surface area contributed by atoms with E-state index in [9.17, 15) is 4.79 Å². The van der Waals surface area contributed by atoms with Crippen molar-refractivity contribution in [2.45, 2.75) is 0 Å². The number of benzene rings is 1. The summed E-state index contributed by atoms with van der Waals surface area (Å²) in [5.41, 5.74) is 14.4. The molecule has 0 bridgehead atoms. The SMILES string of the molecule is Nc1ccc(-c2cccc(C(=O)c3cccnc3N)n2)cc1. The van der Waals surface area contributed by atoms with E-state index in [0.717, 1.165) is 5.56 Å². The molecule has 3 aromatic rings. The zero-order valence-electron chi connectivity index (χ0n) is 11.7. The minimum Gasteiger partial charge on any atom is -0.399 e. The normalized spacial score (nSPS) is 10.4. The first-order chi connectivity index (χ1) is 10.6. The Balaban J connectivity index is 1.99. The average molecular weight is 290 g/mol. The van der Waals surface area contributed by atoms with E-state index in [4.69, 9.17) is 11.5 Å². The lowest BCUT2D eigenvalue weighted by Gasteiger charge is -2.06. The summed E-state index contributed by atoms with van der Waals surface area (Å²) in [4.78, 5) is 20.8. The van der Waals surface area contributed by atoms with Crippen molar-refractivity contribution in [2.75, 3.05) is 11.5 Å². The molecule has 0 amide bonds. The predicted octanol–water partition coefficient (Wildman–Crippen LogP) is 2.54. The molecule has 2 aromatic heterocycles. The van der Waals surface area contributed by atoms with E-state index in [1.165, 1.54) is 0 Å². The van der Waals surface area contributed by atoms with Gasteiger partial charge in [0, 0.05) is 17.4 Å². The van der Waals surface area contributed by atoms with Crippen LogP contribution in [0, 0.1) is 0 Å². The predicted molar refractivity (Wildman–Crippen MR) is 86.2 cm³/mol. The molecule has 0 saturated heterocycles. The molecule has 22 heavy (non-hydrogen) atoms. The number of carbonyl (C=O) groups is 1. The van der Waals surface area contributed by atoms with Crippen LogP contribution in [-0.4, -0.2) is 15.8 Å². The summed E-state index contributed by atoms with van der Waals surface area (Å²) < 4.78 is 0. The molecule has 0 unspecified atom stereocenters. The molecule has 4 N–H and O–H groups in total. The minimum absolute atomic E-state index is 0.201. The lowest BCUT2D eigenvalue weighted by molar-refractivity contribution is 0.103. The van der Waals surface area contributed by atoms with Crippen LogP contribution in [0.4, 0.5) is 11.5 Å². The van der Waals surface area contributed by atoms with Crippen LogP contribution >= 0.6 is 0 Å². The molecule has 5 nitrogen and oxygen atoms in total. The maximum atomic E-state index is 12.5. The fourth-order valence-electron chi connectivity index (χ4n) is 2.12. The number of hydrogen-bond donors (Lipinski definition) is 2. The monoisotopic (exact) mass is 290 g/mol. The maximum absolute atomic E-state index is 12.5. The molecule has 0 aliphatic rings. The lowest BCUT2D eigenvalue weighted by atomic mass is 10.1. The van der Waals surface area contributed by atoms with Gasteiger partial charge in [-0.15, -0.1) is 0 Å². The quantitative estimate of drug-likeness (QED) is 0.571. The zero-order valence-corrected chi connectivity index (χ0v) is 11.7. The Bertz CT molecular complexity index is 828. The number of rotatable bonds is 3. The van der Waals surface area contributed by atoms with Crippen LogP contribution in [0.25, 0.3) is 11.3 Å². The summed E-state index contributed by atoms with van der Waals surface area (Å²) in [6.45, 7) is 0. The molecule has 0 fully saturated rings. The number of carbonyl (C=O) groups excluding carboxylic acids is 1. The van der Waals surface area contributed by atoms with Crippen LogP contribution in [0.5, 0.6) is 0 Å². The second-order valence-corrected chi connectivity index (χ2v) is 4.80. The van der Waals surface area contributed by atoms with Gasteiger partial charge in [0.1, 0.15) is 11.5 Å². The van der Waals surface area contributed by atoms with E-state index < -0.39 is 0 Å². The highest BCUT2D eigenvalue weighted by Crippen LogP contribution is 2.20. The third-order valence-electron chi connectivity index (χ3n) is 3.27. The highest BCUT2D eigenvalue weighted by atomic mass is 16.1. The Morgan fingerprint density at radius 3 is 2.41 bits per heavy atom. The number of nitrogens with zero attached hydrogens (tertiary/aromatic N) is 2. The third kappa shape index (κ3) is 2.64. The Morgan fingerprint density at radius 2 is 1.68 bits per heavy atom. The van der Waals surface area contributed by atoms with Crippen LogP contribution in [0.3, 0.4) is 0 Å². The molecule has 0 aliphatic carbocycles. The first kappa shape index (κ1) is 13.8. The van der Waals surface area contributed by atoms with Crippen molar-refractivity contribution in [3.05, 3.63) is 72.1 Å². The Kier molecular flexibility index (Phi) is 3.53. The van der Waals surface area contributed by atoms with E-state index in [1.54, 1.807) is 42.6 Å². The third-order valence-corrected chi connectivity index (χ3v) is 3.27. The highest BCUT2D eigenvalue weighted by molar-refractivity contribution is 6.10. The van der Waals surface area contributed by atoms with E-state index >= 15 is 0 Å². The van der Waals surface area contributed by atoms with Gasteiger partial charge in [-0.1, -0.05) is 18.2 Å². The fraction of sp³-hybridized carbons (Fsp3) is 0. The van der Waals surface area contributed by atoms with Gasteiger partial charge in [0.15, 0.2) is 0 Å². The minimum atomic E-state index is -0.247. The maximum Gasteiger partial charge on any atom is 0.215 e. The molecule has 1 aromatic carbocycles. The Labute approximate surface area is 127 Å².